The van der Waals surface area contributed by atoms with Crippen LogP contribution < -0.4 is 43.4 Å². The smallest absolute Gasteiger partial charge is 0.248 e. The number of carbonyl (C=O) groups is 7. The highest BCUT2D eigenvalue weighted by Crippen LogP contribution is 2.27. The molecule has 25 nitrogen and oxygen atoms in total. The second-order valence-corrected chi connectivity index (χ2v) is 21.3. The lowest BCUT2D eigenvalue weighted by atomic mass is 9.91. The van der Waals surface area contributed by atoms with Gasteiger partial charge in [0, 0.05) is 45.4 Å². The van der Waals surface area contributed by atoms with Gasteiger partial charge in [-0.15, -0.1) is 0 Å². The molecule has 4 rings (SSSR count). The van der Waals surface area contributed by atoms with Crippen molar-refractivity contribution >= 4 is 41.4 Å². The van der Waals surface area contributed by atoms with Gasteiger partial charge in [0.2, 0.25) is 41.4 Å². The molecular weight excluding hydrogens is 1000 g/mol. The Kier molecular flexibility index (Phi) is 26.4. The summed E-state index contributed by atoms with van der Waals surface area (Å²) < 4.78 is 0. The minimum Gasteiger partial charge on any atom is -0.508 e. The largest absolute Gasteiger partial charge is 0.508 e. The van der Waals surface area contributed by atoms with Crippen molar-refractivity contribution in [3.05, 3.63) is 29.8 Å². The number of unbranched alkanes of at least 4 members (excludes halogenated alkanes) is 5. The zero-order valence-electron chi connectivity index (χ0n) is 45.0. The number of hydrogen-bond donors (Lipinski definition) is 16. The summed E-state index contributed by atoms with van der Waals surface area (Å²) in [6.07, 6.45) is -6.95. The fraction of sp³-hybridized carbons (Fsp3) is 0.750. The van der Waals surface area contributed by atoms with Gasteiger partial charge in [-0.05, 0) is 68.7 Å². The molecule has 0 aliphatic carbocycles. The third kappa shape index (κ3) is 18.8. The Hall–Kier alpha value is -5.09. The first-order valence-electron chi connectivity index (χ1n) is 27.3. The van der Waals surface area contributed by atoms with E-state index < -0.39 is 146 Å². The maximum absolute atomic E-state index is 14.6. The van der Waals surface area contributed by atoms with E-state index in [9.17, 15) is 74.4 Å². The molecule has 0 bridgehead atoms. The highest BCUT2D eigenvalue weighted by Gasteiger charge is 2.49. The zero-order chi connectivity index (χ0) is 57.1. The molecule has 3 heterocycles. The van der Waals surface area contributed by atoms with Crippen molar-refractivity contribution in [2.24, 2.45) is 23.3 Å². The fourth-order valence-electron chi connectivity index (χ4n) is 10.2. The maximum Gasteiger partial charge on any atom is 0.248 e. The number of nitrogens with two attached hydrogens (primary N) is 2. The van der Waals surface area contributed by atoms with Gasteiger partial charge in [-0.2, -0.15) is 0 Å². The van der Waals surface area contributed by atoms with E-state index in [0.717, 1.165) is 55.2 Å². The molecule has 7 amide bonds. The number of nitrogens with one attached hydrogen (secondary N) is 6. The minimum absolute atomic E-state index is 0.0257. The molecule has 0 spiro atoms. The van der Waals surface area contributed by atoms with Gasteiger partial charge in [0.15, 0.2) is 0 Å². The van der Waals surface area contributed by atoms with E-state index in [-0.39, 0.29) is 56.8 Å². The molecule has 18 N–H and O–H groups in total. The number of aliphatic hydroxyl groups excluding tert-OH is 7. The molecule has 3 aliphatic heterocycles. The lowest BCUT2D eigenvalue weighted by molar-refractivity contribution is -0.148. The second kappa shape index (κ2) is 31.5. The number of benzene rings is 1. The van der Waals surface area contributed by atoms with Crippen molar-refractivity contribution in [1.82, 2.24) is 41.7 Å². The average Bonchev–Trinajstić information content (AvgIpc) is 3.99. The van der Waals surface area contributed by atoms with E-state index >= 15 is 0 Å². The van der Waals surface area contributed by atoms with Crippen LogP contribution >= 0.6 is 0 Å². The van der Waals surface area contributed by atoms with Crippen molar-refractivity contribution in [3.63, 3.8) is 0 Å². The van der Waals surface area contributed by atoms with Crippen LogP contribution in [0, 0.1) is 11.8 Å². The van der Waals surface area contributed by atoms with Gasteiger partial charge in [0.05, 0.1) is 30.5 Å². The molecule has 25 heteroatoms. The van der Waals surface area contributed by atoms with Crippen molar-refractivity contribution in [1.29, 1.82) is 0 Å². The second-order valence-electron chi connectivity index (χ2n) is 21.3. The highest BCUT2D eigenvalue weighted by molar-refractivity contribution is 5.98. The first kappa shape index (κ1) is 64.4. The summed E-state index contributed by atoms with van der Waals surface area (Å²) >= 11 is 0. The number of phenols is 1. The highest BCUT2D eigenvalue weighted by atomic mass is 16.3. The Morgan fingerprint density at radius 2 is 1.34 bits per heavy atom. The van der Waals surface area contributed by atoms with Crippen molar-refractivity contribution in [3.8, 4) is 5.75 Å². The lowest BCUT2D eigenvalue weighted by Crippen LogP contribution is -2.65. The third-order valence-electron chi connectivity index (χ3n) is 14.9. The number of carbonyl (C=O) groups excluding carboxylic acids is 7. The van der Waals surface area contributed by atoms with Crippen LogP contribution in [0.5, 0.6) is 5.75 Å². The van der Waals surface area contributed by atoms with Crippen molar-refractivity contribution < 1.29 is 74.4 Å². The molecule has 3 fully saturated rings. The van der Waals surface area contributed by atoms with Gasteiger partial charge >= 0.3 is 0 Å². The topological polar surface area (TPSA) is 412 Å². The van der Waals surface area contributed by atoms with Crippen LogP contribution in [0.3, 0.4) is 0 Å². The summed E-state index contributed by atoms with van der Waals surface area (Å²) in [5.41, 5.74) is 11.5. The van der Waals surface area contributed by atoms with E-state index in [1.54, 1.807) is 0 Å². The first-order valence-corrected chi connectivity index (χ1v) is 27.3. The van der Waals surface area contributed by atoms with Gasteiger partial charge < -0.3 is 88.7 Å². The van der Waals surface area contributed by atoms with Crippen molar-refractivity contribution in [2.75, 3.05) is 32.7 Å². The predicted molar refractivity (Wildman–Crippen MR) is 280 cm³/mol. The van der Waals surface area contributed by atoms with E-state index in [0.29, 0.717) is 24.7 Å². The molecule has 0 aromatic heterocycles. The Bertz CT molecular complexity index is 2070. The Morgan fingerprint density at radius 1 is 0.714 bits per heavy atom. The Balaban J connectivity index is 1.73. The molecule has 0 saturated carbocycles. The summed E-state index contributed by atoms with van der Waals surface area (Å²) in [6, 6.07) is -6.40. The SMILES string of the molecule is CC[C@@H](C)C[C@@H](C)CCCCCCCCC(=O)N[C@@H]1C[C@@H](O)[C@H](NCCN)NC(=O)[C@H]2[C@@H](O)CCN2C(=O)[C@H]([C@H](O)CCN)NC(=O)[C@@H]([C@H](O)[C@@H](O)c2ccc(O)cc2)NC(=O)[C@@H]2C[C@@H](O)CN2C(=O)[C@H]([C@@H](C)O)NC1=O. The minimum atomic E-state index is -2.28. The number of aromatic hydroxyl groups is 1. The molecule has 3 saturated heterocycles. The number of nitrogens with zero attached hydrogens (tertiary/aromatic N) is 2. The summed E-state index contributed by atoms with van der Waals surface area (Å²) in [5.74, 6) is -6.43. The van der Waals surface area contributed by atoms with Crippen molar-refractivity contribution in [2.45, 2.75) is 203 Å². The number of hydrogen-bond acceptors (Lipinski definition) is 18. The van der Waals surface area contributed by atoms with E-state index in [1.165, 1.54) is 30.7 Å². The van der Waals surface area contributed by atoms with Crippen LogP contribution in [0.15, 0.2) is 24.3 Å². The number of aliphatic hydroxyl groups is 7. The summed E-state index contributed by atoms with van der Waals surface area (Å²) in [4.78, 5) is 102. The molecule has 1 aromatic carbocycles. The molecule has 436 valence electrons. The fourth-order valence-corrected chi connectivity index (χ4v) is 10.2. The Morgan fingerprint density at radius 3 is 1.97 bits per heavy atom. The first-order chi connectivity index (χ1) is 36.5. The van der Waals surface area contributed by atoms with E-state index in [2.05, 4.69) is 52.7 Å². The van der Waals surface area contributed by atoms with E-state index in [1.807, 2.05) is 0 Å². The number of amides is 7. The van der Waals surface area contributed by atoms with Gasteiger partial charge in [-0.25, -0.2) is 0 Å². The monoisotopic (exact) mass is 1090 g/mol. The standard InChI is InChI=1S/C52H88N10O15/c1-5-28(2)24-29(3)12-10-8-6-7-9-11-13-39(69)56-34-26-38(68)46(55-22-21-54)60-50(75)43-37(67)19-23-61(43)52(77)41(36(66)18-20-53)58-49(74)42(45(71)44(70)31-14-16-32(64)17-15-31)59-48(73)35-25-33(65)27-62(35)51(76)40(30(4)63)57-47(34)72/h14-17,28-30,33-38,40-46,55,63-68,70-71H,5-13,18-27,53-54H2,1-4H3,(H,56,69)(H,57,72)(H,58,74)(H,59,73)(H,60,75)/t28-,29+,30-,33-,34-,35+,36-,37+,38-,40+,41+,42-,43-,44+,45+,46-/m1/s1. The van der Waals surface area contributed by atoms with Crippen LogP contribution in [0.2, 0.25) is 0 Å². The van der Waals surface area contributed by atoms with Crippen LogP contribution in [0.4, 0.5) is 0 Å². The summed E-state index contributed by atoms with van der Waals surface area (Å²) in [6.45, 7) is 6.73. The number of rotatable bonds is 23. The van der Waals surface area contributed by atoms with Gasteiger partial charge in [-0.3, -0.25) is 38.9 Å². The summed E-state index contributed by atoms with van der Waals surface area (Å²) in [7, 11) is 0. The molecule has 16 atom stereocenters. The Labute approximate surface area is 450 Å². The lowest BCUT2D eigenvalue weighted by Gasteiger charge is -2.35. The quantitative estimate of drug-likeness (QED) is 0.0477. The normalized spacial score (nSPS) is 28.6. The van der Waals surface area contributed by atoms with Crippen LogP contribution in [-0.2, 0) is 33.6 Å². The van der Waals surface area contributed by atoms with Gasteiger partial charge in [0.25, 0.3) is 0 Å². The predicted octanol–water partition coefficient (Wildman–Crippen LogP) is -3.31. The van der Waals surface area contributed by atoms with Crippen LogP contribution in [0.1, 0.15) is 129 Å². The summed E-state index contributed by atoms with van der Waals surface area (Å²) in [5, 5.41) is 104. The van der Waals surface area contributed by atoms with E-state index in [4.69, 9.17) is 11.5 Å². The molecule has 1 aromatic rings. The molecule has 3 aliphatic rings. The number of phenolic OH excluding ortho intramolecular Hbond substituents is 1. The molecule has 0 unspecified atom stereocenters. The third-order valence-corrected chi connectivity index (χ3v) is 14.9. The molecule has 0 radical (unpaired) electrons. The zero-order valence-corrected chi connectivity index (χ0v) is 45.0. The molecule has 77 heavy (non-hydrogen) atoms. The van der Waals surface area contributed by atoms with Gasteiger partial charge in [-0.1, -0.05) is 77.8 Å². The van der Waals surface area contributed by atoms with Crippen LogP contribution in [0.25, 0.3) is 0 Å². The van der Waals surface area contributed by atoms with Crippen LogP contribution in [-0.4, -0.2) is 204 Å². The number of fused-ring (bicyclic) bond motifs is 2. The maximum atomic E-state index is 14.6. The van der Waals surface area contributed by atoms with Gasteiger partial charge in [0.1, 0.15) is 60.4 Å². The average molecular weight is 1090 g/mol. The molecular formula is C52H88N10O15.